The number of aliphatic hydroxyl groups excluding tert-OH is 1. The molecule has 18 heavy (non-hydrogen) atoms. The standard InChI is InChI=1S/C12H21N3O3/c1-3-4-15(5-6-16)8-10-7-11(9(2)18-10)12(17)14-13/h7,16H,3-6,8,13H2,1-2H3,(H,14,17). The molecule has 6 heteroatoms. The van der Waals surface area contributed by atoms with Crippen molar-refractivity contribution in [3.63, 3.8) is 0 Å². The van der Waals surface area contributed by atoms with E-state index in [1.165, 1.54) is 0 Å². The fourth-order valence-electron chi connectivity index (χ4n) is 1.87. The van der Waals surface area contributed by atoms with Crippen LogP contribution >= 0.6 is 0 Å². The average Bonchev–Trinajstić information content (AvgIpc) is 2.70. The van der Waals surface area contributed by atoms with Crippen molar-refractivity contribution in [3.05, 3.63) is 23.2 Å². The summed E-state index contributed by atoms with van der Waals surface area (Å²) < 4.78 is 5.52. The van der Waals surface area contributed by atoms with Crippen molar-refractivity contribution < 1.29 is 14.3 Å². The van der Waals surface area contributed by atoms with Crippen LogP contribution in [0, 0.1) is 6.92 Å². The zero-order valence-corrected chi connectivity index (χ0v) is 10.9. The molecule has 0 bridgehead atoms. The lowest BCUT2D eigenvalue weighted by molar-refractivity contribution is 0.0952. The highest BCUT2D eigenvalue weighted by Crippen LogP contribution is 2.16. The maximum absolute atomic E-state index is 11.4. The lowest BCUT2D eigenvalue weighted by Crippen LogP contribution is -2.30. The van der Waals surface area contributed by atoms with E-state index in [0.717, 1.165) is 13.0 Å². The summed E-state index contributed by atoms with van der Waals surface area (Å²) in [6, 6.07) is 1.69. The Morgan fingerprint density at radius 1 is 1.56 bits per heavy atom. The minimum absolute atomic E-state index is 0.107. The van der Waals surface area contributed by atoms with E-state index in [-0.39, 0.29) is 12.5 Å². The highest BCUT2D eigenvalue weighted by atomic mass is 16.3. The van der Waals surface area contributed by atoms with Crippen molar-refractivity contribution in [1.29, 1.82) is 0 Å². The highest BCUT2D eigenvalue weighted by molar-refractivity contribution is 5.94. The van der Waals surface area contributed by atoms with Gasteiger partial charge in [-0.3, -0.25) is 15.1 Å². The zero-order chi connectivity index (χ0) is 13.5. The van der Waals surface area contributed by atoms with E-state index in [0.29, 0.717) is 30.2 Å². The Labute approximate surface area is 107 Å². The van der Waals surface area contributed by atoms with Gasteiger partial charge in [-0.25, -0.2) is 5.84 Å². The van der Waals surface area contributed by atoms with E-state index in [1.807, 2.05) is 0 Å². The first-order valence-electron chi connectivity index (χ1n) is 6.05. The molecule has 1 aromatic heterocycles. The van der Waals surface area contributed by atoms with Gasteiger partial charge in [-0.1, -0.05) is 6.92 Å². The number of furan rings is 1. The molecule has 0 aliphatic heterocycles. The van der Waals surface area contributed by atoms with Crippen molar-refractivity contribution in [3.8, 4) is 0 Å². The minimum atomic E-state index is -0.355. The molecule has 0 spiro atoms. The molecule has 0 aliphatic rings. The molecular formula is C12H21N3O3. The molecule has 0 unspecified atom stereocenters. The van der Waals surface area contributed by atoms with Crippen LogP contribution in [-0.4, -0.2) is 35.6 Å². The van der Waals surface area contributed by atoms with Crippen LogP contribution in [0.5, 0.6) is 0 Å². The number of rotatable bonds is 7. The number of amides is 1. The fourth-order valence-corrected chi connectivity index (χ4v) is 1.87. The van der Waals surface area contributed by atoms with E-state index in [9.17, 15) is 4.79 Å². The molecule has 1 amide bonds. The van der Waals surface area contributed by atoms with Crippen LogP contribution in [-0.2, 0) is 6.54 Å². The molecular weight excluding hydrogens is 234 g/mol. The molecule has 0 saturated heterocycles. The number of nitrogens with zero attached hydrogens (tertiary/aromatic N) is 1. The van der Waals surface area contributed by atoms with E-state index in [4.69, 9.17) is 15.4 Å². The molecule has 0 radical (unpaired) electrons. The Balaban J connectivity index is 2.74. The SMILES string of the molecule is CCCN(CCO)Cc1cc(C(=O)NN)c(C)o1. The van der Waals surface area contributed by atoms with E-state index in [1.54, 1.807) is 13.0 Å². The lowest BCUT2D eigenvalue weighted by atomic mass is 10.2. The van der Waals surface area contributed by atoms with Gasteiger partial charge < -0.3 is 9.52 Å². The molecule has 0 aliphatic carbocycles. The first kappa shape index (κ1) is 14.7. The number of aryl methyl sites for hydroxylation is 1. The van der Waals surface area contributed by atoms with Crippen LogP contribution < -0.4 is 11.3 Å². The number of hydrogen-bond acceptors (Lipinski definition) is 5. The van der Waals surface area contributed by atoms with E-state index >= 15 is 0 Å². The third-order valence-electron chi connectivity index (χ3n) is 2.68. The number of nitrogen functional groups attached to an aromatic ring is 1. The summed E-state index contributed by atoms with van der Waals surface area (Å²) in [7, 11) is 0. The van der Waals surface area contributed by atoms with Crippen LogP contribution in [0.1, 0.15) is 35.2 Å². The number of aliphatic hydroxyl groups is 1. The Morgan fingerprint density at radius 2 is 2.28 bits per heavy atom. The number of hydrazine groups is 1. The summed E-state index contributed by atoms with van der Waals surface area (Å²) in [5, 5.41) is 8.97. The summed E-state index contributed by atoms with van der Waals surface area (Å²) in [4.78, 5) is 13.5. The topological polar surface area (TPSA) is 91.7 Å². The Bertz CT molecular complexity index is 384. The van der Waals surface area contributed by atoms with Gasteiger partial charge in [0, 0.05) is 6.54 Å². The number of nitrogens with one attached hydrogen (secondary N) is 1. The van der Waals surface area contributed by atoms with Gasteiger partial charge in [0.1, 0.15) is 11.5 Å². The third kappa shape index (κ3) is 3.83. The molecule has 1 rings (SSSR count). The second-order valence-corrected chi connectivity index (χ2v) is 4.16. The second-order valence-electron chi connectivity index (χ2n) is 4.16. The second kappa shape index (κ2) is 7.15. The van der Waals surface area contributed by atoms with Gasteiger partial charge in [0.2, 0.25) is 0 Å². The van der Waals surface area contributed by atoms with Crippen molar-refractivity contribution >= 4 is 5.91 Å². The van der Waals surface area contributed by atoms with E-state index in [2.05, 4.69) is 17.2 Å². The van der Waals surface area contributed by atoms with Crippen molar-refractivity contribution in [1.82, 2.24) is 10.3 Å². The number of carbonyl (C=O) groups excluding carboxylic acids is 1. The van der Waals surface area contributed by atoms with Gasteiger partial charge in [0.05, 0.1) is 18.7 Å². The fraction of sp³-hybridized carbons (Fsp3) is 0.583. The molecule has 1 aromatic rings. The Kier molecular flexibility index (Phi) is 5.84. The molecule has 1 heterocycles. The quantitative estimate of drug-likeness (QED) is 0.372. The summed E-state index contributed by atoms with van der Waals surface area (Å²) in [6.07, 6.45) is 0.996. The van der Waals surface area contributed by atoms with Crippen LogP contribution in [0.25, 0.3) is 0 Å². The minimum Gasteiger partial charge on any atom is -0.464 e. The molecule has 0 atom stereocenters. The molecule has 0 saturated carbocycles. The van der Waals surface area contributed by atoms with Crippen LogP contribution in [0.4, 0.5) is 0 Å². The maximum atomic E-state index is 11.4. The van der Waals surface area contributed by atoms with Gasteiger partial charge >= 0.3 is 0 Å². The van der Waals surface area contributed by atoms with Crippen LogP contribution in [0.2, 0.25) is 0 Å². The summed E-state index contributed by atoms with van der Waals surface area (Å²) >= 11 is 0. The first-order valence-corrected chi connectivity index (χ1v) is 6.05. The smallest absolute Gasteiger partial charge is 0.268 e. The van der Waals surface area contributed by atoms with Crippen LogP contribution in [0.15, 0.2) is 10.5 Å². The summed E-state index contributed by atoms with van der Waals surface area (Å²) in [5.74, 6) is 5.99. The van der Waals surface area contributed by atoms with Gasteiger partial charge in [-0.15, -0.1) is 0 Å². The number of nitrogens with two attached hydrogens (primary N) is 1. The summed E-state index contributed by atoms with van der Waals surface area (Å²) in [5.41, 5.74) is 2.54. The normalized spacial score (nSPS) is 10.9. The molecule has 0 fully saturated rings. The third-order valence-corrected chi connectivity index (χ3v) is 2.68. The Hall–Kier alpha value is -1.37. The Morgan fingerprint density at radius 3 is 2.83 bits per heavy atom. The van der Waals surface area contributed by atoms with Gasteiger partial charge in [0.25, 0.3) is 5.91 Å². The zero-order valence-electron chi connectivity index (χ0n) is 10.9. The average molecular weight is 255 g/mol. The van der Waals surface area contributed by atoms with Crippen molar-refractivity contribution in [2.24, 2.45) is 5.84 Å². The van der Waals surface area contributed by atoms with Crippen molar-refractivity contribution in [2.45, 2.75) is 26.8 Å². The monoisotopic (exact) mass is 255 g/mol. The van der Waals surface area contributed by atoms with Crippen LogP contribution in [0.3, 0.4) is 0 Å². The van der Waals surface area contributed by atoms with Gasteiger partial charge in [-0.05, 0) is 26.0 Å². The largest absolute Gasteiger partial charge is 0.464 e. The highest BCUT2D eigenvalue weighted by Gasteiger charge is 2.15. The maximum Gasteiger partial charge on any atom is 0.268 e. The number of carbonyl (C=O) groups is 1. The van der Waals surface area contributed by atoms with E-state index < -0.39 is 0 Å². The first-order chi connectivity index (χ1) is 8.62. The molecule has 102 valence electrons. The molecule has 6 nitrogen and oxygen atoms in total. The summed E-state index contributed by atoms with van der Waals surface area (Å²) in [6.45, 7) is 5.95. The van der Waals surface area contributed by atoms with Gasteiger partial charge in [-0.2, -0.15) is 0 Å². The predicted molar refractivity (Wildman–Crippen MR) is 67.8 cm³/mol. The van der Waals surface area contributed by atoms with Crippen molar-refractivity contribution in [2.75, 3.05) is 19.7 Å². The predicted octanol–water partition coefficient (Wildman–Crippen LogP) is 0.396. The molecule has 4 N–H and O–H groups in total. The lowest BCUT2D eigenvalue weighted by Gasteiger charge is -2.18. The van der Waals surface area contributed by atoms with Gasteiger partial charge in [0.15, 0.2) is 0 Å². The number of hydrogen-bond donors (Lipinski definition) is 3. The molecule has 0 aromatic carbocycles.